The van der Waals surface area contributed by atoms with Gasteiger partial charge in [0.05, 0.1) is 0 Å². The predicted octanol–water partition coefficient (Wildman–Crippen LogP) is 2.68. The third-order valence-electron chi connectivity index (χ3n) is 3.66. The van der Waals surface area contributed by atoms with Crippen LogP contribution in [0, 0.1) is 17.5 Å². The van der Waals surface area contributed by atoms with Gasteiger partial charge in [-0.2, -0.15) is 0 Å². The lowest BCUT2D eigenvalue weighted by molar-refractivity contribution is 0.260. The molecule has 1 aliphatic rings. The first-order valence-electron chi connectivity index (χ1n) is 6.70. The van der Waals surface area contributed by atoms with E-state index in [1.54, 1.807) is 0 Å². The van der Waals surface area contributed by atoms with Gasteiger partial charge in [-0.25, -0.2) is 13.2 Å². The zero-order valence-corrected chi connectivity index (χ0v) is 11.1. The first-order valence-corrected chi connectivity index (χ1v) is 6.70. The average Bonchev–Trinajstić information content (AvgIpc) is 2.83. The number of rotatable bonds is 5. The van der Waals surface area contributed by atoms with E-state index in [0.717, 1.165) is 38.2 Å². The maximum atomic E-state index is 13.0. The van der Waals surface area contributed by atoms with Gasteiger partial charge in [-0.3, -0.25) is 4.90 Å². The van der Waals surface area contributed by atoms with Crippen LogP contribution >= 0.6 is 0 Å². The summed E-state index contributed by atoms with van der Waals surface area (Å²) >= 11 is 0. The third kappa shape index (κ3) is 3.48. The number of nitrogens with one attached hydrogen (secondary N) is 1. The molecule has 1 atom stereocenters. The molecule has 1 heterocycles. The predicted molar refractivity (Wildman–Crippen MR) is 68.3 cm³/mol. The number of nitrogens with zero attached hydrogens (tertiary/aromatic N) is 1. The Kier molecular flexibility index (Phi) is 4.82. The van der Waals surface area contributed by atoms with Crippen LogP contribution in [0.3, 0.4) is 0 Å². The van der Waals surface area contributed by atoms with Gasteiger partial charge in [-0.05, 0) is 43.6 Å². The molecule has 2 rings (SSSR count). The summed E-state index contributed by atoms with van der Waals surface area (Å²) in [6.45, 7) is 5.40. The zero-order chi connectivity index (χ0) is 13.8. The maximum absolute atomic E-state index is 13.0. The molecule has 0 aromatic heterocycles. The molecule has 1 N–H and O–H groups in total. The summed E-state index contributed by atoms with van der Waals surface area (Å²) in [4.78, 5) is 2.39. The molecule has 0 amide bonds. The van der Waals surface area contributed by atoms with Crippen molar-refractivity contribution < 1.29 is 13.2 Å². The molecule has 19 heavy (non-hydrogen) atoms. The van der Waals surface area contributed by atoms with E-state index in [9.17, 15) is 13.2 Å². The molecule has 1 saturated heterocycles. The van der Waals surface area contributed by atoms with Crippen LogP contribution < -0.4 is 5.32 Å². The first kappa shape index (κ1) is 14.3. The van der Waals surface area contributed by atoms with Crippen molar-refractivity contribution in [1.29, 1.82) is 0 Å². The van der Waals surface area contributed by atoms with Gasteiger partial charge in [0, 0.05) is 19.1 Å². The molecule has 1 aromatic rings. The Hall–Kier alpha value is -1.07. The van der Waals surface area contributed by atoms with Gasteiger partial charge >= 0.3 is 0 Å². The van der Waals surface area contributed by atoms with Gasteiger partial charge in [0.15, 0.2) is 17.5 Å². The number of benzene rings is 1. The number of hydrogen-bond acceptors (Lipinski definition) is 2. The van der Waals surface area contributed by atoms with Crippen LogP contribution in [0.15, 0.2) is 12.1 Å². The molecular formula is C14H19F3N2. The largest absolute Gasteiger partial charge is 0.311 e. The van der Waals surface area contributed by atoms with Crippen LogP contribution in [-0.2, 0) is 6.54 Å². The molecule has 0 saturated carbocycles. The second kappa shape index (κ2) is 6.39. The van der Waals surface area contributed by atoms with Crippen LogP contribution in [-0.4, -0.2) is 30.6 Å². The summed E-state index contributed by atoms with van der Waals surface area (Å²) in [5.41, 5.74) is 0.428. The average molecular weight is 272 g/mol. The van der Waals surface area contributed by atoms with Crippen molar-refractivity contribution in [2.24, 2.45) is 0 Å². The molecular weight excluding hydrogens is 253 g/mol. The van der Waals surface area contributed by atoms with E-state index in [0.29, 0.717) is 18.2 Å². The fourth-order valence-corrected chi connectivity index (χ4v) is 2.64. The number of likely N-dealkylation sites (tertiary alicyclic amines) is 1. The molecule has 0 spiro atoms. The molecule has 0 aliphatic carbocycles. The fraction of sp³-hybridized carbons (Fsp3) is 0.571. The van der Waals surface area contributed by atoms with Crippen LogP contribution in [0.4, 0.5) is 13.2 Å². The minimum Gasteiger partial charge on any atom is -0.311 e. The van der Waals surface area contributed by atoms with Crippen molar-refractivity contribution >= 4 is 0 Å². The summed E-state index contributed by atoms with van der Waals surface area (Å²) in [5.74, 6) is -3.67. The Morgan fingerprint density at radius 2 is 1.95 bits per heavy atom. The van der Waals surface area contributed by atoms with E-state index in [2.05, 4.69) is 17.1 Å². The minimum absolute atomic E-state index is 0.349. The first-order chi connectivity index (χ1) is 9.11. The maximum Gasteiger partial charge on any atom is 0.194 e. The van der Waals surface area contributed by atoms with Gasteiger partial charge in [0.1, 0.15) is 0 Å². The Labute approximate surface area is 111 Å². The number of halogens is 3. The molecule has 2 nitrogen and oxygen atoms in total. The van der Waals surface area contributed by atoms with E-state index >= 15 is 0 Å². The number of likely N-dealkylation sites (N-methyl/N-ethyl adjacent to an activating group) is 1. The van der Waals surface area contributed by atoms with Gasteiger partial charge in [0.25, 0.3) is 0 Å². The monoisotopic (exact) mass is 272 g/mol. The van der Waals surface area contributed by atoms with Crippen LogP contribution in [0.25, 0.3) is 0 Å². The third-order valence-corrected chi connectivity index (χ3v) is 3.66. The Balaban J connectivity index is 1.86. The summed E-state index contributed by atoms with van der Waals surface area (Å²) in [5, 5.41) is 3.18. The molecule has 106 valence electrons. The molecule has 5 heteroatoms. The smallest absolute Gasteiger partial charge is 0.194 e. The van der Waals surface area contributed by atoms with Gasteiger partial charge in [0.2, 0.25) is 0 Å². The highest BCUT2D eigenvalue weighted by Crippen LogP contribution is 2.16. The molecule has 1 aliphatic heterocycles. The molecule has 1 unspecified atom stereocenters. The van der Waals surface area contributed by atoms with E-state index in [-0.39, 0.29) is 0 Å². The van der Waals surface area contributed by atoms with Gasteiger partial charge in [-0.15, -0.1) is 0 Å². The lowest BCUT2D eigenvalue weighted by Gasteiger charge is -2.23. The molecule has 0 radical (unpaired) electrons. The second-order valence-electron chi connectivity index (χ2n) is 4.93. The van der Waals surface area contributed by atoms with Crippen LogP contribution in [0.1, 0.15) is 25.3 Å². The zero-order valence-electron chi connectivity index (χ0n) is 11.1. The molecule has 1 aromatic carbocycles. The van der Waals surface area contributed by atoms with E-state index in [1.807, 2.05) is 0 Å². The quantitative estimate of drug-likeness (QED) is 0.829. The fourth-order valence-electron chi connectivity index (χ4n) is 2.64. The Morgan fingerprint density at radius 3 is 2.58 bits per heavy atom. The van der Waals surface area contributed by atoms with Crippen molar-refractivity contribution in [2.45, 2.75) is 32.4 Å². The van der Waals surface area contributed by atoms with Crippen molar-refractivity contribution in [1.82, 2.24) is 10.2 Å². The molecule has 1 fully saturated rings. The normalized spacial score (nSPS) is 20.1. The highest BCUT2D eigenvalue weighted by Gasteiger charge is 2.22. The highest BCUT2D eigenvalue weighted by atomic mass is 19.2. The van der Waals surface area contributed by atoms with Crippen molar-refractivity contribution in [3.63, 3.8) is 0 Å². The lowest BCUT2D eigenvalue weighted by atomic mass is 10.2. The van der Waals surface area contributed by atoms with E-state index in [1.165, 1.54) is 6.42 Å². The summed E-state index contributed by atoms with van der Waals surface area (Å²) in [6, 6.07) is 2.56. The Bertz CT molecular complexity index is 414. The standard InChI is InChI=1S/C14H19F3N2/c1-2-19-5-3-4-11(19)9-18-8-10-6-12(15)14(17)13(16)7-10/h6-7,11,18H,2-5,8-9H2,1H3. The van der Waals surface area contributed by atoms with Crippen LogP contribution in [0.2, 0.25) is 0 Å². The van der Waals surface area contributed by atoms with Crippen molar-refractivity contribution in [2.75, 3.05) is 19.6 Å². The SMILES string of the molecule is CCN1CCCC1CNCc1cc(F)c(F)c(F)c1. The van der Waals surface area contributed by atoms with Gasteiger partial charge in [-0.1, -0.05) is 6.92 Å². The van der Waals surface area contributed by atoms with Gasteiger partial charge < -0.3 is 5.32 Å². The topological polar surface area (TPSA) is 15.3 Å². The number of hydrogen-bond donors (Lipinski definition) is 1. The van der Waals surface area contributed by atoms with Crippen LogP contribution in [0.5, 0.6) is 0 Å². The van der Waals surface area contributed by atoms with E-state index < -0.39 is 17.5 Å². The minimum atomic E-state index is -1.41. The summed E-state index contributed by atoms with van der Waals surface area (Å²) < 4.78 is 38.9. The lowest BCUT2D eigenvalue weighted by Crippen LogP contribution is -2.37. The molecule has 0 bridgehead atoms. The Morgan fingerprint density at radius 1 is 1.26 bits per heavy atom. The van der Waals surface area contributed by atoms with Crippen molar-refractivity contribution in [3.05, 3.63) is 35.1 Å². The summed E-state index contributed by atoms with van der Waals surface area (Å²) in [7, 11) is 0. The van der Waals surface area contributed by atoms with Crippen molar-refractivity contribution in [3.8, 4) is 0 Å². The second-order valence-corrected chi connectivity index (χ2v) is 4.93. The van der Waals surface area contributed by atoms with E-state index in [4.69, 9.17) is 0 Å². The highest BCUT2D eigenvalue weighted by molar-refractivity contribution is 5.19. The summed E-state index contributed by atoms with van der Waals surface area (Å²) in [6.07, 6.45) is 2.34.